The molecule has 0 saturated heterocycles. The van der Waals surface area contributed by atoms with Gasteiger partial charge >= 0.3 is 0 Å². The first-order valence-corrected chi connectivity index (χ1v) is 8.12. The van der Waals surface area contributed by atoms with E-state index in [-0.39, 0.29) is 0 Å². The molecule has 0 radical (unpaired) electrons. The number of hydrogen-bond acceptors (Lipinski definition) is 2. The van der Waals surface area contributed by atoms with E-state index in [2.05, 4.69) is 58.7 Å². The van der Waals surface area contributed by atoms with E-state index in [0.29, 0.717) is 6.04 Å². The Kier molecular flexibility index (Phi) is 7.30. The van der Waals surface area contributed by atoms with Crippen LogP contribution in [0.1, 0.15) is 47.6 Å². The Morgan fingerprint density at radius 1 is 0.909 bits per heavy atom. The Labute approximate surface area is 134 Å². The van der Waals surface area contributed by atoms with Crippen LogP contribution < -0.4 is 0 Å². The first-order chi connectivity index (χ1) is 10.8. The van der Waals surface area contributed by atoms with E-state index in [4.69, 9.17) is 0 Å². The van der Waals surface area contributed by atoms with E-state index in [1.807, 2.05) is 40.1 Å². The van der Waals surface area contributed by atoms with Crippen molar-refractivity contribution in [1.29, 1.82) is 0 Å². The number of benzene rings is 1. The number of fused-ring (bicyclic) bond motifs is 1. The zero-order valence-corrected chi connectivity index (χ0v) is 14.5. The molecule has 0 spiro atoms. The van der Waals surface area contributed by atoms with Gasteiger partial charge in [-0.1, -0.05) is 45.9 Å². The maximum absolute atomic E-state index is 4.11. The summed E-state index contributed by atoms with van der Waals surface area (Å²) < 4.78 is 2.33. The van der Waals surface area contributed by atoms with Crippen LogP contribution in [-0.4, -0.2) is 14.5 Å². The Morgan fingerprint density at radius 3 is 2.09 bits per heavy atom. The molecular formula is C19H27N3. The molecule has 118 valence electrons. The first kappa shape index (κ1) is 17.9. The zero-order valence-electron chi connectivity index (χ0n) is 14.5. The van der Waals surface area contributed by atoms with Gasteiger partial charge in [0, 0.05) is 34.9 Å². The maximum Gasteiger partial charge on any atom is 0.115 e. The molecule has 3 nitrogen and oxygen atoms in total. The van der Waals surface area contributed by atoms with Gasteiger partial charge in [-0.3, -0.25) is 0 Å². The van der Waals surface area contributed by atoms with Crippen molar-refractivity contribution in [3.63, 3.8) is 0 Å². The molecular weight excluding hydrogens is 270 g/mol. The van der Waals surface area contributed by atoms with Crippen molar-refractivity contribution in [1.82, 2.24) is 14.5 Å². The van der Waals surface area contributed by atoms with E-state index in [0.717, 1.165) is 5.56 Å². The smallest absolute Gasteiger partial charge is 0.115 e. The van der Waals surface area contributed by atoms with Crippen molar-refractivity contribution in [3.05, 3.63) is 49.1 Å². The van der Waals surface area contributed by atoms with E-state index in [9.17, 15) is 0 Å². The number of nitrogens with zero attached hydrogens (tertiary/aromatic N) is 3. The molecule has 2 heterocycles. The predicted octanol–water partition coefficient (Wildman–Crippen LogP) is 5.73. The van der Waals surface area contributed by atoms with Crippen molar-refractivity contribution < 1.29 is 0 Å². The second-order valence-corrected chi connectivity index (χ2v) is 4.68. The lowest BCUT2D eigenvalue weighted by Crippen LogP contribution is -2.02. The standard InChI is InChI=1S/C15H15N3.2C2H6/c1-11(2)18-14-6-4-3-5-12(14)7-15(18)13-8-16-10-17-9-13;2*1-2/h3-11H,1-2H3;2*1-2H3. The lowest BCUT2D eigenvalue weighted by Gasteiger charge is -2.14. The number of para-hydroxylation sites is 1. The summed E-state index contributed by atoms with van der Waals surface area (Å²) in [6, 6.07) is 11.0. The fourth-order valence-corrected chi connectivity index (χ4v) is 2.39. The second-order valence-electron chi connectivity index (χ2n) is 4.68. The molecule has 3 heteroatoms. The van der Waals surface area contributed by atoms with Crippen LogP contribution in [0.15, 0.2) is 49.1 Å². The highest BCUT2D eigenvalue weighted by atomic mass is 15.0. The first-order valence-electron chi connectivity index (χ1n) is 8.12. The Morgan fingerprint density at radius 2 is 1.50 bits per heavy atom. The Hall–Kier alpha value is -2.16. The van der Waals surface area contributed by atoms with Gasteiger partial charge in [0.2, 0.25) is 0 Å². The molecule has 2 aromatic heterocycles. The second kappa shape index (κ2) is 8.98. The summed E-state index contributed by atoms with van der Waals surface area (Å²) in [6.45, 7) is 12.4. The molecule has 0 saturated carbocycles. The van der Waals surface area contributed by atoms with Crippen molar-refractivity contribution >= 4 is 10.9 Å². The van der Waals surface area contributed by atoms with Gasteiger partial charge in [-0.25, -0.2) is 9.97 Å². The molecule has 0 bridgehead atoms. The minimum absolute atomic E-state index is 0.403. The Bertz CT molecular complexity index is 669. The minimum atomic E-state index is 0.403. The van der Waals surface area contributed by atoms with Gasteiger partial charge in [0.15, 0.2) is 0 Å². The average molecular weight is 297 g/mol. The molecule has 0 N–H and O–H groups in total. The molecule has 0 atom stereocenters. The third-order valence-corrected chi connectivity index (χ3v) is 3.12. The van der Waals surface area contributed by atoms with Crippen LogP contribution in [0.25, 0.3) is 22.2 Å². The van der Waals surface area contributed by atoms with E-state index < -0.39 is 0 Å². The van der Waals surface area contributed by atoms with E-state index >= 15 is 0 Å². The fourth-order valence-electron chi connectivity index (χ4n) is 2.39. The summed E-state index contributed by atoms with van der Waals surface area (Å²) in [5.41, 5.74) is 3.49. The maximum atomic E-state index is 4.11. The normalized spacial score (nSPS) is 9.77. The zero-order chi connectivity index (χ0) is 16.5. The van der Waals surface area contributed by atoms with Crippen LogP contribution in [-0.2, 0) is 0 Å². The Balaban J connectivity index is 0.000000561. The van der Waals surface area contributed by atoms with Crippen molar-refractivity contribution in [2.75, 3.05) is 0 Å². The molecule has 0 unspecified atom stereocenters. The molecule has 0 aliphatic heterocycles. The molecule has 3 rings (SSSR count). The number of aromatic nitrogens is 3. The highest BCUT2D eigenvalue weighted by Crippen LogP contribution is 2.30. The summed E-state index contributed by atoms with van der Waals surface area (Å²) in [5, 5.41) is 1.25. The molecule has 3 aromatic rings. The SMILES string of the molecule is CC.CC.CC(C)n1c(-c2cncnc2)cc2ccccc21. The van der Waals surface area contributed by atoms with Crippen molar-refractivity contribution in [2.24, 2.45) is 0 Å². The summed E-state index contributed by atoms with van der Waals surface area (Å²) in [5.74, 6) is 0. The van der Waals surface area contributed by atoms with Crippen LogP contribution in [0.4, 0.5) is 0 Å². The predicted molar refractivity (Wildman–Crippen MR) is 96.0 cm³/mol. The van der Waals surface area contributed by atoms with Gasteiger partial charge in [0.05, 0.1) is 5.69 Å². The lowest BCUT2D eigenvalue weighted by atomic mass is 10.2. The summed E-state index contributed by atoms with van der Waals surface area (Å²) >= 11 is 0. The third kappa shape index (κ3) is 3.73. The molecule has 1 aromatic carbocycles. The van der Waals surface area contributed by atoms with Gasteiger partial charge in [0.1, 0.15) is 6.33 Å². The molecule has 0 fully saturated rings. The van der Waals surface area contributed by atoms with Crippen LogP contribution in [0.3, 0.4) is 0 Å². The topological polar surface area (TPSA) is 30.7 Å². The van der Waals surface area contributed by atoms with Crippen LogP contribution in [0.2, 0.25) is 0 Å². The van der Waals surface area contributed by atoms with Gasteiger partial charge in [-0.15, -0.1) is 0 Å². The average Bonchev–Trinajstić information content (AvgIpc) is 2.99. The number of hydrogen-bond donors (Lipinski definition) is 0. The minimum Gasteiger partial charge on any atom is -0.338 e. The van der Waals surface area contributed by atoms with Crippen LogP contribution in [0, 0.1) is 0 Å². The fraction of sp³-hybridized carbons (Fsp3) is 0.368. The van der Waals surface area contributed by atoms with Crippen molar-refractivity contribution in [3.8, 4) is 11.3 Å². The van der Waals surface area contributed by atoms with E-state index in [1.54, 1.807) is 6.33 Å². The largest absolute Gasteiger partial charge is 0.338 e. The lowest BCUT2D eigenvalue weighted by molar-refractivity contribution is 0.628. The van der Waals surface area contributed by atoms with Crippen LogP contribution >= 0.6 is 0 Å². The molecule has 0 aliphatic rings. The van der Waals surface area contributed by atoms with Gasteiger partial charge < -0.3 is 4.57 Å². The third-order valence-electron chi connectivity index (χ3n) is 3.12. The molecule has 0 amide bonds. The summed E-state index contributed by atoms with van der Waals surface area (Å²) in [7, 11) is 0. The highest BCUT2D eigenvalue weighted by Gasteiger charge is 2.12. The highest BCUT2D eigenvalue weighted by molar-refractivity contribution is 5.87. The van der Waals surface area contributed by atoms with Crippen molar-refractivity contribution in [2.45, 2.75) is 47.6 Å². The van der Waals surface area contributed by atoms with Gasteiger partial charge in [0.25, 0.3) is 0 Å². The quantitative estimate of drug-likeness (QED) is 0.604. The summed E-state index contributed by atoms with van der Waals surface area (Å²) in [6.07, 6.45) is 5.28. The van der Waals surface area contributed by atoms with Crippen LogP contribution in [0.5, 0.6) is 0 Å². The van der Waals surface area contributed by atoms with Gasteiger partial charge in [-0.2, -0.15) is 0 Å². The van der Waals surface area contributed by atoms with Gasteiger partial charge in [-0.05, 0) is 26.0 Å². The number of rotatable bonds is 2. The molecule has 0 aliphatic carbocycles. The summed E-state index contributed by atoms with van der Waals surface area (Å²) in [4.78, 5) is 8.21. The molecule has 22 heavy (non-hydrogen) atoms. The monoisotopic (exact) mass is 297 g/mol. The van der Waals surface area contributed by atoms with E-state index in [1.165, 1.54) is 16.6 Å².